The number of nitrogens with one attached hydrogen (secondary N) is 1. The molecule has 0 amide bonds. The Balaban J connectivity index is 1.97. The van der Waals surface area contributed by atoms with Crippen LogP contribution in [0, 0.1) is 6.92 Å². The van der Waals surface area contributed by atoms with Gasteiger partial charge in [0.05, 0.1) is 6.04 Å². The van der Waals surface area contributed by atoms with Crippen LogP contribution in [0.25, 0.3) is 0 Å². The number of benzene rings is 1. The summed E-state index contributed by atoms with van der Waals surface area (Å²) >= 11 is 1.97. The van der Waals surface area contributed by atoms with Gasteiger partial charge in [-0.05, 0) is 31.0 Å². The van der Waals surface area contributed by atoms with E-state index in [2.05, 4.69) is 60.5 Å². The lowest BCUT2D eigenvalue weighted by Gasteiger charge is -2.35. The number of aryl methyl sites for hydroxylation is 2. The van der Waals surface area contributed by atoms with E-state index in [4.69, 9.17) is 0 Å². The summed E-state index contributed by atoms with van der Waals surface area (Å²) < 4.78 is 0. The van der Waals surface area contributed by atoms with Crippen molar-refractivity contribution in [1.29, 1.82) is 0 Å². The molecule has 1 aliphatic heterocycles. The van der Waals surface area contributed by atoms with Crippen LogP contribution in [0.3, 0.4) is 0 Å². The number of piperazine rings is 1. The molecule has 3 heteroatoms. The van der Waals surface area contributed by atoms with Crippen molar-refractivity contribution in [2.24, 2.45) is 0 Å². The molecule has 2 aromatic rings. The second-order valence-corrected chi connectivity index (χ2v) is 6.96. The molecule has 1 saturated heterocycles. The molecule has 1 N–H and O–H groups in total. The Labute approximate surface area is 131 Å². The van der Waals surface area contributed by atoms with E-state index in [9.17, 15) is 0 Å². The second kappa shape index (κ2) is 6.73. The predicted octanol–water partition coefficient (Wildman–Crippen LogP) is 3.61. The quantitative estimate of drug-likeness (QED) is 0.928. The van der Waals surface area contributed by atoms with Crippen molar-refractivity contribution in [1.82, 2.24) is 10.2 Å². The van der Waals surface area contributed by atoms with Crippen LogP contribution in [0.2, 0.25) is 0 Å². The molecule has 2 heterocycles. The van der Waals surface area contributed by atoms with E-state index in [1.807, 2.05) is 11.3 Å². The number of hydrogen-bond donors (Lipinski definition) is 1. The number of nitrogens with zero attached hydrogens (tertiary/aromatic N) is 1. The molecule has 1 aromatic carbocycles. The van der Waals surface area contributed by atoms with Gasteiger partial charge >= 0.3 is 0 Å². The third kappa shape index (κ3) is 3.37. The fourth-order valence-electron chi connectivity index (χ4n) is 3.07. The standard InChI is InChI=1S/C18H24N2S/c1-3-16-7-8-17(21-16)18(20-11-9-19-10-12-20)15-6-4-5-14(2)13-15/h4-8,13,18-19H,3,9-12H2,1-2H3. The van der Waals surface area contributed by atoms with Crippen LogP contribution in [0.1, 0.15) is 33.8 Å². The molecule has 1 aromatic heterocycles. The minimum Gasteiger partial charge on any atom is -0.314 e. The van der Waals surface area contributed by atoms with E-state index >= 15 is 0 Å². The molecule has 1 aliphatic rings. The molecule has 0 saturated carbocycles. The summed E-state index contributed by atoms with van der Waals surface area (Å²) in [6.45, 7) is 8.85. The molecule has 1 atom stereocenters. The first kappa shape index (κ1) is 14.8. The zero-order valence-corrected chi connectivity index (χ0v) is 13.7. The van der Waals surface area contributed by atoms with Gasteiger partial charge in [0.25, 0.3) is 0 Å². The maximum Gasteiger partial charge on any atom is 0.0697 e. The average Bonchev–Trinajstić information content (AvgIpc) is 2.97. The van der Waals surface area contributed by atoms with Crippen molar-refractivity contribution in [3.05, 3.63) is 57.3 Å². The smallest absolute Gasteiger partial charge is 0.0697 e. The summed E-state index contributed by atoms with van der Waals surface area (Å²) in [4.78, 5) is 5.59. The monoisotopic (exact) mass is 300 g/mol. The topological polar surface area (TPSA) is 15.3 Å². The lowest BCUT2D eigenvalue weighted by atomic mass is 10.0. The van der Waals surface area contributed by atoms with Crippen LogP contribution < -0.4 is 5.32 Å². The molecule has 112 valence electrons. The summed E-state index contributed by atoms with van der Waals surface area (Å²) in [6.07, 6.45) is 1.13. The third-order valence-electron chi connectivity index (χ3n) is 4.18. The van der Waals surface area contributed by atoms with Crippen LogP contribution in [0.15, 0.2) is 36.4 Å². The molecular weight excluding hydrogens is 276 g/mol. The van der Waals surface area contributed by atoms with Crippen LogP contribution in [0.4, 0.5) is 0 Å². The summed E-state index contributed by atoms with van der Waals surface area (Å²) in [6, 6.07) is 14.0. The number of rotatable bonds is 4. The summed E-state index contributed by atoms with van der Waals surface area (Å²) in [5.41, 5.74) is 2.78. The van der Waals surface area contributed by atoms with Crippen LogP contribution >= 0.6 is 11.3 Å². The van der Waals surface area contributed by atoms with Crippen molar-refractivity contribution in [3.8, 4) is 0 Å². The zero-order valence-electron chi connectivity index (χ0n) is 12.9. The van der Waals surface area contributed by atoms with E-state index in [1.54, 1.807) is 0 Å². The largest absolute Gasteiger partial charge is 0.314 e. The van der Waals surface area contributed by atoms with Gasteiger partial charge in [0.15, 0.2) is 0 Å². The normalized spacial score (nSPS) is 17.8. The Bertz CT molecular complexity index is 584. The highest BCUT2D eigenvalue weighted by atomic mass is 32.1. The molecule has 21 heavy (non-hydrogen) atoms. The fraction of sp³-hybridized carbons (Fsp3) is 0.444. The van der Waals surface area contributed by atoms with Gasteiger partial charge < -0.3 is 5.32 Å². The van der Waals surface area contributed by atoms with Crippen molar-refractivity contribution in [2.45, 2.75) is 26.3 Å². The fourth-order valence-corrected chi connectivity index (χ4v) is 4.18. The summed E-state index contributed by atoms with van der Waals surface area (Å²) in [7, 11) is 0. The van der Waals surface area contributed by atoms with Gasteiger partial charge in [-0.25, -0.2) is 0 Å². The van der Waals surface area contributed by atoms with E-state index in [1.165, 1.54) is 20.9 Å². The van der Waals surface area contributed by atoms with Crippen molar-refractivity contribution < 1.29 is 0 Å². The highest BCUT2D eigenvalue weighted by Crippen LogP contribution is 2.34. The highest BCUT2D eigenvalue weighted by Gasteiger charge is 2.25. The zero-order chi connectivity index (χ0) is 14.7. The Hall–Kier alpha value is -1.16. The summed E-state index contributed by atoms with van der Waals surface area (Å²) in [5.74, 6) is 0. The van der Waals surface area contributed by atoms with Crippen LogP contribution in [-0.4, -0.2) is 31.1 Å². The van der Waals surface area contributed by atoms with Gasteiger partial charge in [-0.3, -0.25) is 4.90 Å². The van der Waals surface area contributed by atoms with Crippen LogP contribution in [-0.2, 0) is 6.42 Å². The number of thiophene rings is 1. The predicted molar refractivity (Wildman–Crippen MR) is 91.2 cm³/mol. The van der Waals surface area contributed by atoms with Gasteiger partial charge in [-0.15, -0.1) is 11.3 Å². The van der Waals surface area contributed by atoms with Gasteiger partial charge in [0, 0.05) is 35.9 Å². The minimum absolute atomic E-state index is 0.414. The maximum absolute atomic E-state index is 3.46. The average molecular weight is 300 g/mol. The minimum atomic E-state index is 0.414. The van der Waals surface area contributed by atoms with Crippen molar-refractivity contribution >= 4 is 11.3 Å². The Morgan fingerprint density at radius 2 is 2.00 bits per heavy atom. The number of hydrogen-bond acceptors (Lipinski definition) is 3. The molecule has 1 unspecified atom stereocenters. The first-order valence-corrected chi connectivity index (χ1v) is 8.69. The molecule has 0 radical (unpaired) electrons. The molecule has 1 fully saturated rings. The van der Waals surface area contributed by atoms with Crippen molar-refractivity contribution in [3.63, 3.8) is 0 Å². The molecule has 0 aliphatic carbocycles. The lowest BCUT2D eigenvalue weighted by Crippen LogP contribution is -2.45. The third-order valence-corrected chi connectivity index (χ3v) is 5.46. The van der Waals surface area contributed by atoms with Gasteiger partial charge in [0.1, 0.15) is 0 Å². The first-order chi connectivity index (χ1) is 10.3. The lowest BCUT2D eigenvalue weighted by molar-refractivity contribution is 0.200. The summed E-state index contributed by atoms with van der Waals surface area (Å²) in [5, 5.41) is 3.46. The van der Waals surface area contributed by atoms with E-state index in [-0.39, 0.29) is 0 Å². The van der Waals surface area contributed by atoms with Crippen molar-refractivity contribution in [2.75, 3.05) is 26.2 Å². The SMILES string of the molecule is CCc1ccc(C(c2cccc(C)c2)N2CCNCC2)s1. The second-order valence-electron chi connectivity index (χ2n) is 5.76. The molecule has 2 nitrogen and oxygen atoms in total. The molecule has 0 bridgehead atoms. The first-order valence-electron chi connectivity index (χ1n) is 7.88. The highest BCUT2D eigenvalue weighted by molar-refractivity contribution is 7.12. The van der Waals surface area contributed by atoms with E-state index < -0.39 is 0 Å². The Morgan fingerprint density at radius 1 is 1.19 bits per heavy atom. The van der Waals surface area contributed by atoms with Crippen LogP contribution in [0.5, 0.6) is 0 Å². The molecule has 3 rings (SSSR count). The van der Waals surface area contributed by atoms with Gasteiger partial charge in [0.2, 0.25) is 0 Å². The van der Waals surface area contributed by atoms with Gasteiger partial charge in [-0.1, -0.05) is 36.8 Å². The molecular formula is C18H24N2S. The Kier molecular flexibility index (Phi) is 4.73. The Morgan fingerprint density at radius 3 is 2.67 bits per heavy atom. The molecule has 0 spiro atoms. The van der Waals surface area contributed by atoms with E-state index in [0.29, 0.717) is 6.04 Å². The van der Waals surface area contributed by atoms with Gasteiger partial charge in [-0.2, -0.15) is 0 Å². The van der Waals surface area contributed by atoms with E-state index in [0.717, 1.165) is 32.6 Å². The maximum atomic E-state index is 3.46.